The number of ether oxygens (including phenoxy) is 2. The molecule has 6 nitrogen and oxygen atoms in total. The van der Waals surface area contributed by atoms with Crippen LogP contribution in [0.25, 0.3) is 6.08 Å². The Morgan fingerprint density at radius 1 is 1.04 bits per heavy atom. The molecule has 0 unspecified atom stereocenters. The molecule has 0 radical (unpaired) electrons. The van der Waals surface area contributed by atoms with E-state index in [9.17, 15) is 9.59 Å². The second-order valence-corrected chi connectivity index (χ2v) is 5.20. The smallest absolute Gasteiger partial charge is 0.276 e. The Hall–Kier alpha value is -3.28. The molecule has 0 aliphatic carbocycles. The predicted octanol–water partition coefficient (Wildman–Crippen LogP) is 2.24. The van der Waals surface area contributed by atoms with Crippen LogP contribution >= 0.6 is 0 Å². The first-order valence-electron chi connectivity index (χ1n) is 7.68. The highest BCUT2D eigenvalue weighted by Gasteiger charge is 2.05. The SMILES string of the molecule is COc1ccc(C=CC(=O)NNC(=O)COc2ccccc2C)cc1. The highest BCUT2D eigenvalue weighted by Crippen LogP contribution is 2.15. The fourth-order valence-corrected chi connectivity index (χ4v) is 1.96. The van der Waals surface area contributed by atoms with Crippen LogP contribution in [0.1, 0.15) is 11.1 Å². The minimum atomic E-state index is -0.450. The molecule has 0 aromatic heterocycles. The van der Waals surface area contributed by atoms with E-state index in [4.69, 9.17) is 9.47 Å². The van der Waals surface area contributed by atoms with Crippen molar-refractivity contribution < 1.29 is 19.1 Å². The topological polar surface area (TPSA) is 76.7 Å². The van der Waals surface area contributed by atoms with Crippen molar-refractivity contribution in [1.82, 2.24) is 10.9 Å². The summed E-state index contributed by atoms with van der Waals surface area (Å²) < 4.78 is 10.4. The Balaban J connectivity index is 1.74. The maximum atomic E-state index is 11.7. The number of carbonyl (C=O) groups excluding carboxylic acids is 2. The fraction of sp³-hybridized carbons (Fsp3) is 0.158. The van der Waals surface area contributed by atoms with E-state index in [2.05, 4.69) is 10.9 Å². The van der Waals surface area contributed by atoms with Crippen molar-refractivity contribution in [2.75, 3.05) is 13.7 Å². The zero-order chi connectivity index (χ0) is 18.1. The zero-order valence-electron chi connectivity index (χ0n) is 14.1. The van der Waals surface area contributed by atoms with Gasteiger partial charge < -0.3 is 9.47 Å². The van der Waals surface area contributed by atoms with Gasteiger partial charge in [-0.2, -0.15) is 0 Å². The minimum absolute atomic E-state index is 0.187. The quantitative estimate of drug-likeness (QED) is 0.625. The Kier molecular flexibility index (Phi) is 6.59. The van der Waals surface area contributed by atoms with E-state index in [-0.39, 0.29) is 6.61 Å². The number of hydrazine groups is 1. The monoisotopic (exact) mass is 340 g/mol. The van der Waals surface area contributed by atoms with Crippen molar-refractivity contribution in [1.29, 1.82) is 0 Å². The third-order valence-corrected chi connectivity index (χ3v) is 3.32. The number of para-hydroxylation sites is 1. The molecule has 0 heterocycles. The van der Waals surface area contributed by atoms with E-state index in [1.54, 1.807) is 31.4 Å². The molecule has 0 saturated carbocycles. The zero-order valence-corrected chi connectivity index (χ0v) is 14.1. The number of hydrogen-bond acceptors (Lipinski definition) is 4. The van der Waals surface area contributed by atoms with Crippen LogP contribution in [0.15, 0.2) is 54.6 Å². The lowest BCUT2D eigenvalue weighted by Crippen LogP contribution is -2.43. The largest absolute Gasteiger partial charge is 0.497 e. The molecule has 0 fully saturated rings. The summed E-state index contributed by atoms with van der Waals surface area (Å²) in [5, 5.41) is 0. The van der Waals surface area contributed by atoms with E-state index in [0.29, 0.717) is 5.75 Å². The molecule has 0 aliphatic rings. The summed E-state index contributed by atoms with van der Waals surface area (Å²) in [6.07, 6.45) is 2.95. The summed E-state index contributed by atoms with van der Waals surface area (Å²) in [7, 11) is 1.59. The first kappa shape index (κ1) is 18.1. The van der Waals surface area contributed by atoms with E-state index >= 15 is 0 Å². The number of benzene rings is 2. The molecule has 2 aromatic carbocycles. The summed E-state index contributed by atoms with van der Waals surface area (Å²) in [4.78, 5) is 23.4. The van der Waals surface area contributed by atoms with E-state index in [1.807, 2.05) is 37.3 Å². The van der Waals surface area contributed by atoms with Crippen LogP contribution in [0.2, 0.25) is 0 Å². The maximum absolute atomic E-state index is 11.7. The fourth-order valence-electron chi connectivity index (χ4n) is 1.96. The summed E-state index contributed by atoms with van der Waals surface area (Å²) in [5.74, 6) is 0.473. The Morgan fingerprint density at radius 3 is 2.44 bits per heavy atom. The van der Waals surface area contributed by atoms with Gasteiger partial charge in [-0.3, -0.25) is 20.4 Å². The van der Waals surface area contributed by atoms with Gasteiger partial charge in [0.25, 0.3) is 11.8 Å². The Bertz CT molecular complexity index is 754. The third kappa shape index (κ3) is 6.02. The molecule has 0 atom stereocenters. The van der Waals surface area contributed by atoms with Crippen LogP contribution < -0.4 is 20.3 Å². The molecular formula is C19H20N2O4. The Morgan fingerprint density at radius 2 is 1.76 bits per heavy atom. The molecule has 6 heteroatoms. The molecule has 2 amide bonds. The minimum Gasteiger partial charge on any atom is -0.497 e. The van der Waals surface area contributed by atoms with Crippen molar-refractivity contribution in [3.63, 3.8) is 0 Å². The van der Waals surface area contributed by atoms with Crippen molar-refractivity contribution in [2.24, 2.45) is 0 Å². The normalized spacial score (nSPS) is 10.3. The van der Waals surface area contributed by atoms with Gasteiger partial charge in [0.15, 0.2) is 6.61 Å². The summed E-state index contributed by atoms with van der Waals surface area (Å²) in [5.41, 5.74) is 6.36. The second-order valence-electron chi connectivity index (χ2n) is 5.20. The molecule has 2 rings (SSSR count). The average Bonchev–Trinajstić information content (AvgIpc) is 2.64. The lowest BCUT2D eigenvalue weighted by Gasteiger charge is -2.09. The Labute approximate surface area is 146 Å². The van der Waals surface area contributed by atoms with Gasteiger partial charge in [-0.25, -0.2) is 0 Å². The number of nitrogens with one attached hydrogen (secondary N) is 2. The van der Waals surface area contributed by atoms with Gasteiger partial charge in [-0.1, -0.05) is 30.3 Å². The number of amides is 2. The lowest BCUT2D eigenvalue weighted by molar-refractivity contribution is -0.128. The molecule has 2 aromatic rings. The van der Waals surface area contributed by atoms with Gasteiger partial charge in [0, 0.05) is 6.08 Å². The lowest BCUT2D eigenvalue weighted by atomic mass is 10.2. The first-order valence-corrected chi connectivity index (χ1v) is 7.68. The summed E-state index contributed by atoms with van der Waals surface area (Å²) in [6, 6.07) is 14.6. The molecular weight excluding hydrogens is 320 g/mol. The number of rotatable bonds is 6. The van der Waals surface area contributed by atoms with Gasteiger partial charge in [-0.15, -0.1) is 0 Å². The average molecular weight is 340 g/mol. The van der Waals surface area contributed by atoms with E-state index in [0.717, 1.165) is 16.9 Å². The highest BCUT2D eigenvalue weighted by atomic mass is 16.5. The van der Waals surface area contributed by atoms with Gasteiger partial charge >= 0.3 is 0 Å². The molecule has 25 heavy (non-hydrogen) atoms. The van der Waals surface area contributed by atoms with Gasteiger partial charge in [0.2, 0.25) is 0 Å². The summed E-state index contributed by atoms with van der Waals surface area (Å²) >= 11 is 0. The molecule has 2 N–H and O–H groups in total. The molecule has 0 aliphatic heterocycles. The second kappa shape index (κ2) is 9.12. The predicted molar refractivity (Wildman–Crippen MR) is 95.0 cm³/mol. The first-order chi connectivity index (χ1) is 12.1. The van der Waals surface area contributed by atoms with Gasteiger partial charge in [0.05, 0.1) is 7.11 Å². The van der Waals surface area contributed by atoms with Crippen LogP contribution in [-0.4, -0.2) is 25.5 Å². The van der Waals surface area contributed by atoms with Crippen molar-refractivity contribution in [3.05, 3.63) is 65.7 Å². The molecule has 0 bridgehead atoms. The number of hydrogen-bond donors (Lipinski definition) is 2. The maximum Gasteiger partial charge on any atom is 0.276 e. The van der Waals surface area contributed by atoms with E-state index < -0.39 is 11.8 Å². The van der Waals surface area contributed by atoms with Crippen LogP contribution in [-0.2, 0) is 9.59 Å². The third-order valence-electron chi connectivity index (χ3n) is 3.32. The van der Waals surface area contributed by atoms with Crippen molar-refractivity contribution in [3.8, 4) is 11.5 Å². The molecule has 130 valence electrons. The van der Waals surface area contributed by atoms with Crippen molar-refractivity contribution >= 4 is 17.9 Å². The standard InChI is InChI=1S/C19H20N2O4/c1-14-5-3-4-6-17(14)25-13-19(23)21-20-18(22)12-9-15-7-10-16(24-2)11-8-15/h3-12H,13H2,1-2H3,(H,20,22)(H,21,23). The molecule has 0 spiro atoms. The van der Waals surface area contributed by atoms with Gasteiger partial charge in [0.1, 0.15) is 11.5 Å². The number of carbonyl (C=O) groups is 2. The number of methoxy groups -OCH3 is 1. The van der Waals surface area contributed by atoms with Crippen LogP contribution in [0.5, 0.6) is 11.5 Å². The highest BCUT2D eigenvalue weighted by molar-refractivity contribution is 5.93. The van der Waals surface area contributed by atoms with E-state index in [1.165, 1.54) is 6.08 Å². The van der Waals surface area contributed by atoms with Crippen LogP contribution in [0.3, 0.4) is 0 Å². The summed E-state index contributed by atoms with van der Waals surface area (Å²) in [6.45, 7) is 1.70. The number of aryl methyl sites for hydroxylation is 1. The van der Waals surface area contributed by atoms with Crippen LogP contribution in [0.4, 0.5) is 0 Å². The van der Waals surface area contributed by atoms with Crippen LogP contribution in [0, 0.1) is 6.92 Å². The van der Waals surface area contributed by atoms with Crippen molar-refractivity contribution in [2.45, 2.75) is 6.92 Å². The molecule has 0 saturated heterocycles. The van der Waals surface area contributed by atoms with Gasteiger partial charge in [-0.05, 0) is 42.3 Å².